The third kappa shape index (κ3) is 6.43. The molecule has 2 heterocycles. The number of pyridine rings is 1. The summed E-state index contributed by atoms with van der Waals surface area (Å²) < 4.78 is 0. The minimum Gasteiger partial charge on any atom is -0.355 e. The molecule has 0 unspecified atom stereocenters. The molecule has 0 atom stereocenters. The standard InChI is InChI=1S/C21H31N5O3/c1-4-9-23-20(28)13-26-10-7-16(8-11-26)25-19(27)6-5-17-14(2)18(12-22)21(29)24-15(17)3/h16H,4-11,13H2,1-3H3,(H,23,28)(H,24,29)(H,25,27). The van der Waals surface area contributed by atoms with Gasteiger partial charge < -0.3 is 15.6 Å². The summed E-state index contributed by atoms with van der Waals surface area (Å²) in [7, 11) is 0. The van der Waals surface area contributed by atoms with E-state index in [4.69, 9.17) is 5.26 Å². The first-order chi connectivity index (χ1) is 13.8. The molecular formula is C21H31N5O3. The van der Waals surface area contributed by atoms with Crippen molar-refractivity contribution in [2.24, 2.45) is 0 Å². The molecule has 1 aromatic heterocycles. The molecule has 0 aromatic carbocycles. The van der Waals surface area contributed by atoms with Crippen LogP contribution in [0.5, 0.6) is 0 Å². The Balaban J connectivity index is 1.80. The van der Waals surface area contributed by atoms with Gasteiger partial charge in [-0.1, -0.05) is 6.92 Å². The minimum atomic E-state index is -0.383. The SMILES string of the molecule is CCCNC(=O)CN1CCC(NC(=O)CCc2c(C)[nH]c(=O)c(C#N)c2C)CC1. The second-order valence-electron chi connectivity index (χ2n) is 7.64. The molecule has 2 amide bonds. The van der Waals surface area contributed by atoms with Gasteiger partial charge in [-0.2, -0.15) is 5.26 Å². The van der Waals surface area contributed by atoms with Crippen LogP contribution >= 0.6 is 0 Å². The van der Waals surface area contributed by atoms with Crippen molar-refractivity contribution in [1.82, 2.24) is 20.5 Å². The van der Waals surface area contributed by atoms with E-state index in [0.717, 1.165) is 37.9 Å². The topological polar surface area (TPSA) is 118 Å². The van der Waals surface area contributed by atoms with Crippen LogP contribution in [0.2, 0.25) is 0 Å². The van der Waals surface area contributed by atoms with Crippen LogP contribution in [-0.2, 0) is 16.0 Å². The predicted molar refractivity (Wildman–Crippen MR) is 110 cm³/mol. The van der Waals surface area contributed by atoms with Gasteiger partial charge in [0.25, 0.3) is 5.56 Å². The van der Waals surface area contributed by atoms with Gasteiger partial charge in [0.2, 0.25) is 11.8 Å². The van der Waals surface area contributed by atoms with E-state index in [2.05, 4.69) is 20.5 Å². The first kappa shape index (κ1) is 22.6. The van der Waals surface area contributed by atoms with Crippen molar-refractivity contribution in [1.29, 1.82) is 5.26 Å². The Morgan fingerprint density at radius 3 is 2.55 bits per heavy atom. The van der Waals surface area contributed by atoms with Crippen LogP contribution in [0.25, 0.3) is 0 Å². The highest BCUT2D eigenvalue weighted by Gasteiger charge is 2.22. The number of hydrogen-bond donors (Lipinski definition) is 3. The third-order valence-corrected chi connectivity index (χ3v) is 5.41. The summed E-state index contributed by atoms with van der Waals surface area (Å²) in [6.07, 6.45) is 3.35. The third-order valence-electron chi connectivity index (χ3n) is 5.41. The molecule has 0 radical (unpaired) electrons. The lowest BCUT2D eigenvalue weighted by atomic mass is 9.98. The van der Waals surface area contributed by atoms with Gasteiger partial charge in [-0.15, -0.1) is 0 Å². The molecule has 0 spiro atoms. The average Bonchev–Trinajstić information content (AvgIpc) is 2.67. The summed E-state index contributed by atoms with van der Waals surface area (Å²) in [5, 5.41) is 15.1. The number of hydrogen-bond acceptors (Lipinski definition) is 5. The lowest BCUT2D eigenvalue weighted by Crippen LogP contribution is -2.47. The van der Waals surface area contributed by atoms with Crippen molar-refractivity contribution in [3.8, 4) is 6.07 Å². The van der Waals surface area contributed by atoms with Crippen LogP contribution in [0.15, 0.2) is 4.79 Å². The number of nitrogens with one attached hydrogen (secondary N) is 3. The van der Waals surface area contributed by atoms with E-state index in [1.807, 2.05) is 13.0 Å². The largest absolute Gasteiger partial charge is 0.355 e. The van der Waals surface area contributed by atoms with E-state index < -0.39 is 0 Å². The van der Waals surface area contributed by atoms with Gasteiger partial charge in [-0.3, -0.25) is 19.3 Å². The Morgan fingerprint density at radius 2 is 1.93 bits per heavy atom. The zero-order valence-electron chi connectivity index (χ0n) is 17.6. The molecule has 158 valence electrons. The van der Waals surface area contributed by atoms with Gasteiger partial charge in [-0.05, 0) is 50.7 Å². The summed E-state index contributed by atoms with van der Waals surface area (Å²) in [6.45, 7) is 8.25. The van der Waals surface area contributed by atoms with Gasteiger partial charge in [0, 0.05) is 37.8 Å². The lowest BCUT2D eigenvalue weighted by molar-refractivity contribution is -0.124. The van der Waals surface area contributed by atoms with Gasteiger partial charge in [0.15, 0.2) is 0 Å². The summed E-state index contributed by atoms with van der Waals surface area (Å²) in [5.74, 6) is 0.0189. The summed E-state index contributed by atoms with van der Waals surface area (Å²) >= 11 is 0. The number of aromatic amines is 1. The van der Waals surface area contributed by atoms with Crippen LogP contribution in [0.3, 0.4) is 0 Å². The number of rotatable bonds is 8. The van der Waals surface area contributed by atoms with Crippen molar-refractivity contribution < 1.29 is 9.59 Å². The molecule has 8 nitrogen and oxygen atoms in total. The molecule has 2 rings (SSSR count). The van der Waals surface area contributed by atoms with Gasteiger partial charge in [0.1, 0.15) is 11.6 Å². The van der Waals surface area contributed by atoms with E-state index in [-0.39, 0.29) is 29.0 Å². The van der Waals surface area contributed by atoms with Gasteiger partial charge in [-0.25, -0.2) is 0 Å². The molecule has 1 fully saturated rings. The number of nitriles is 1. The highest BCUT2D eigenvalue weighted by molar-refractivity contribution is 5.78. The fourth-order valence-corrected chi connectivity index (χ4v) is 3.72. The normalized spacial score (nSPS) is 15.0. The number of aromatic nitrogens is 1. The van der Waals surface area contributed by atoms with E-state index in [0.29, 0.717) is 37.2 Å². The highest BCUT2D eigenvalue weighted by atomic mass is 16.2. The molecule has 29 heavy (non-hydrogen) atoms. The molecule has 1 aliphatic heterocycles. The molecular weight excluding hydrogens is 370 g/mol. The van der Waals surface area contributed by atoms with Crippen LogP contribution < -0.4 is 16.2 Å². The average molecular weight is 402 g/mol. The van der Waals surface area contributed by atoms with E-state index in [1.165, 1.54) is 0 Å². The van der Waals surface area contributed by atoms with Crippen LogP contribution in [0, 0.1) is 25.2 Å². The number of carbonyl (C=O) groups is 2. The Labute approximate surface area is 171 Å². The first-order valence-corrected chi connectivity index (χ1v) is 10.3. The molecule has 8 heteroatoms. The molecule has 0 aliphatic carbocycles. The Bertz CT molecular complexity index is 832. The number of aryl methyl sites for hydroxylation is 1. The Morgan fingerprint density at radius 1 is 1.24 bits per heavy atom. The van der Waals surface area contributed by atoms with Crippen molar-refractivity contribution >= 4 is 11.8 Å². The number of H-pyrrole nitrogens is 1. The van der Waals surface area contributed by atoms with Crippen molar-refractivity contribution in [2.75, 3.05) is 26.2 Å². The molecule has 1 saturated heterocycles. The van der Waals surface area contributed by atoms with Crippen molar-refractivity contribution in [3.05, 3.63) is 32.7 Å². The predicted octanol–water partition coefficient (Wildman–Crippen LogP) is 0.903. The smallest absolute Gasteiger partial charge is 0.266 e. The Kier molecular flexibility index (Phi) is 8.40. The summed E-state index contributed by atoms with van der Waals surface area (Å²) in [6, 6.07) is 2.05. The van der Waals surface area contributed by atoms with E-state index >= 15 is 0 Å². The highest BCUT2D eigenvalue weighted by Crippen LogP contribution is 2.15. The lowest BCUT2D eigenvalue weighted by Gasteiger charge is -2.31. The van der Waals surface area contributed by atoms with Gasteiger partial charge in [0.05, 0.1) is 6.54 Å². The second-order valence-corrected chi connectivity index (χ2v) is 7.64. The fourth-order valence-electron chi connectivity index (χ4n) is 3.72. The van der Waals surface area contributed by atoms with E-state index in [9.17, 15) is 14.4 Å². The van der Waals surface area contributed by atoms with Crippen molar-refractivity contribution in [2.45, 2.75) is 58.9 Å². The fraction of sp³-hybridized carbons (Fsp3) is 0.619. The number of carbonyl (C=O) groups excluding carboxylic acids is 2. The van der Waals surface area contributed by atoms with Crippen LogP contribution in [0.4, 0.5) is 0 Å². The number of piperidine rings is 1. The number of likely N-dealkylation sites (tertiary alicyclic amines) is 1. The zero-order chi connectivity index (χ0) is 21.4. The monoisotopic (exact) mass is 401 g/mol. The quantitative estimate of drug-likeness (QED) is 0.598. The maximum absolute atomic E-state index is 12.4. The minimum absolute atomic E-state index is 0.0346. The number of amides is 2. The summed E-state index contributed by atoms with van der Waals surface area (Å²) in [4.78, 5) is 40.8. The van der Waals surface area contributed by atoms with Crippen molar-refractivity contribution in [3.63, 3.8) is 0 Å². The molecule has 1 aromatic rings. The van der Waals surface area contributed by atoms with Crippen LogP contribution in [-0.4, -0.2) is 53.9 Å². The number of nitrogens with zero attached hydrogens (tertiary/aromatic N) is 2. The Hall–Kier alpha value is -2.66. The maximum Gasteiger partial charge on any atom is 0.266 e. The summed E-state index contributed by atoms with van der Waals surface area (Å²) in [5.41, 5.74) is 1.93. The zero-order valence-corrected chi connectivity index (χ0v) is 17.6. The molecule has 0 bridgehead atoms. The molecule has 1 aliphatic rings. The second kappa shape index (κ2) is 10.8. The van der Waals surface area contributed by atoms with E-state index in [1.54, 1.807) is 13.8 Å². The molecule has 0 saturated carbocycles. The van der Waals surface area contributed by atoms with Gasteiger partial charge >= 0.3 is 0 Å². The first-order valence-electron chi connectivity index (χ1n) is 10.3. The molecule has 3 N–H and O–H groups in total. The maximum atomic E-state index is 12.4. The van der Waals surface area contributed by atoms with Crippen LogP contribution in [0.1, 0.15) is 55.0 Å².